The Morgan fingerprint density at radius 3 is 2.90 bits per heavy atom. The van der Waals surface area contributed by atoms with Crippen molar-refractivity contribution in [3.63, 3.8) is 0 Å². The van der Waals surface area contributed by atoms with E-state index in [4.69, 9.17) is 20.4 Å². The van der Waals surface area contributed by atoms with E-state index in [1.165, 1.54) is 0 Å². The molecule has 1 heterocycles. The highest BCUT2D eigenvalue weighted by atomic mass is 16.5. The van der Waals surface area contributed by atoms with E-state index < -0.39 is 0 Å². The minimum absolute atomic E-state index is 0.0887. The molecule has 6 nitrogen and oxygen atoms in total. The van der Waals surface area contributed by atoms with Crippen LogP contribution in [0.2, 0.25) is 0 Å². The predicted octanol–water partition coefficient (Wildman–Crippen LogP) is 0.881. The Kier molecular flexibility index (Phi) is 5.20. The SMILES string of the molecule is CCN1CCOC(COc2ccc(C(N)=NO)cc2)C1. The van der Waals surface area contributed by atoms with E-state index in [2.05, 4.69) is 17.0 Å². The molecule has 0 aromatic heterocycles. The van der Waals surface area contributed by atoms with Crippen LogP contribution in [0.4, 0.5) is 0 Å². The van der Waals surface area contributed by atoms with Gasteiger partial charge in [0.15, 0.2) is 5.84 Å². The van der Waals surface area contributed by atoms with Gasteiger partial charge < -0.3 is 20.4 Å². The third-order valence-electron chi connectivity index (χ3n) is 3.36. The smallest absolute Gasteiger partial charge is 0.170 e. The Morgan fingerprint density at radius 1 is 1.50 bits per heavy atom. The molecule has 1 aromatic rings. The van der Waals surface area contributed by atoms with E-state index in [0.717, 1.165) is 32.0 Å². The molecule has 110 valence electrons. The summed E-state index contributed by atoms with van der Waals surface area (Å²) in [5.74, 6) is 0.836. The maximum absolute atomic E-state index is 8.59. The van der Waals surface area contributed by atoms with Crippen LogP contribution in [0, 0.1) is 0 Å². The monoisotopic (exact) mass is 279 g/mol. The molecule has 2 rings (SSSR count). The summed E-state index contributed by atoms with van der Waals surface area (Å²) in [4.78, 5) is 2.35. The van der Waals surface area contributed by atoms with Crippen LogP contribution in [0.5, 0.6) is 5.75 Å². The van der Waals surface area contributed by atoms with Crippen molar-refractivity contribution in [3.05, 3.63) is 29.8 Å². The molecular formula is C14H21N3O3. The van der Waals surface area contributed by atoms with Crippen molar-refractivity contribution in [2.24, 2.45) is 10.9 Å². The van der Waals surface area contributed by atoms with Gasteiger partial charge in [0.2, 0.25) is 0 Å². The molecule has 1 aliphatic rings. The van der Waals surface area contributed by atoms with E-state index in [-0.39, 0.29) is 11.9 Å². The molecule has 0 amide bonds. The Hall–Kier alpha value is -1.79. The van der Waals surface area contributed by atoms with Crippen molar-refractivity contribution < 1.29 is 14.7 Å². The van der Waals surface area contributed by atoms with Gasteiger partial charge in [0.1, 0.15) is 18.5 Å². The molecule has 1 atom stereocenters. The second kappa shape index (κ2) is 7.12. The second-order valence-electron chi connectivity index (χ2n) is 4.71. The van der Waals surface area contributed by atoms with E-state index in [0.29, 0.717) is 12.2 Å². The number of hydrogen-bond acceptors (Lipinski definition) is 5. The van der Waals surface area contributed by atoms with E-state index in [1.54, 1.807) is 24.3 Å². The van der Waals surface area contributed by atoms with E-state index >= 15 is 0 Å². The largest absolute Gasteiger partial charge is 0.491 e. The van der Waals surface area contributed by atoms with Gasteiger partial charge in [-0.05, 0) is 30.8 Å². The van der Waals surface area contributed by atoms with Crippen molar-refractivity contribution in [3.8, 4) is 5.75 Å². The fourth-order valence-electron chi connectivity index (χ4n) is 2.14. The molecular weight excluding hydrogens is 258 g/mol. The Morgan fingerprint density at radius 2 is 2.25 bits per heavy atom. The molecule has 1 aromatic carbocycles. The van der Waals surface area contributed by atoms with Crippen LogP contribution < -0.4 is 10.5 Å². The van der Waals surface area contributed by atoms with Crippen molar-refractivity contribution in [1.82, 2.24) is 4.90 Å². The van der Waals surface area contributed by atoms with Crippen molar-refractivity contribution in [2.45, 2.75) is 13.0 Å². The molecule has 0 aliphatic carbocycles. The highest BCUT2D eigenvalue weighted by Gasteiger charge is 2.19. The topological polar surface area (TPSA) is 80.3 Å². The van der Waals surface area contributed by atoms with Crippen LogP contribution in [0.1, 0.15) is 12.5 Å². The lowest BCUT2D eigenvalue weighted by Gasteiger charge is -2.31. The maximum atomic E-state index is 8.59. The lowest BCUT2D eigenvalue weighted by molar-refractivity contribution is -0.0464. The number of nitrogens with two attached hydrogens (primary N) is 1. The highest BCUT2D eigenvalue weighted by Crippen LogP contribution is 2.14. The number of oxime groups is 1. The first-order valence-electron chi connectivity index (χ1n) is 6.77. The van der Waals surface area contributed by atoms with Crippen molar-refractivity contribution in [2.75, 3.05) is 32.8 Å². The zero-order chi connectivity index (χ0) is 14.4. The summed E-state index contributed by atoms with van der Waals surface area (Å²) in [5.41, 5.74) is 6.16. The summed E-state index contributed by atoms with van der Waals surface area (Å²) < 4.78 is 11.4. The molecule has 1 aliphatic heterocycles. The number of rotatable bonds is 5. The third kappa shape index (κ3) is 3.85. The number of benzene rings is 1. The van der Waals surface area contributed by atoms with Gasteiger partial charge in [-0.1, -0.05) is 12.1 Å². The van der Waals surface area contributed by atoms with Gasteiger partial charge in [0.05, 0.1) is 6.61 Å². The van der Waals surface area contributed by atoms with E-state index in [1.807, 2.05) is 0 Å². The molecule has 6 heteroatoms. The molecule has 0 spiro atoms. The molecule has 0 radical (unpaired) electrons. The zero-order valence-electron chi connectivity index (χ0n) is 11.7. The molecule has 1 fully saturated rings. The lowest BCUT2D eigenvalue weighted by atomic mass is 10.2. The number of ether oxygens (including phenoxy) is 2. The quantitative estimate of drug-likeness (QED) is 0.362. The molecule has 20 heavy (non-hydrogen) atoms. The van der Waals surface area contributed by atoms with Gasteiger partial charge in [-0.3, -0.25) is 4.90 Å². The average molecular weight is 279 g/mol. The van der Waals surface area contributed by atoms with Gasteiger partial charge in [-0.25, -0.2) is 0 Å². The molecule has 0 bridgehead atoms. The summed E-state index contributed by atoms with van der Waals surface area (Å²) in [7, 11) is 0. The number of morpholine rings is 1. The average Bonchev–Trinajstić information content (AvgIpc) is 2.53. The highest BCUT2D eigenvalue weighted by molar-refractivity contribution is 5.97. The molecule has 0 saturated carbocycles. The third-order valence-corrected chi connectivity index (χ3v) is 3.36. The molecule has 1 unspecified atom stereocenters. The fourth-order valence-corrected chi connectivity index (χ4v) is 2.14. The summed E-state index contributed by atoms with van der Waals surface area (Å²) in [6, 6.07) is 7.11. The Bertz CT molecular complexity index is 447. The van der Waals surface area contributed by atoms with Gasteiger partial charge in [-0.2, -0.15) is 0 Å². The maximum Gasteiger partial charge on any atom is 0.170 e. The number of nitrogens with zero attached hydrogens (tertiary/aromatic N) is 2. The lowest BCUT2D eigenvalue weighted by Crippen LogP contribution is -2.44. The van der Waals surface area contributed by atoms with Crippen LogP contribution in [-0.2, 0) is 4.74 Å². The van der Waals surface area contributed by atoms with Crippen molar-refractivity contribution >= 4 is 5.84 Å². The zero-order valence-corrected chi connectivity index (χ0v) is 11.7. The first-order chi connectivity index (χ1) is 9.72. The first-order valence-corrected chi connectivity index (χ1v) is 6.77. The fraction of sp³-hybridized carbons (Fsp3) is 0.500. The van der Waals surface area contributed by atoms with Crippen LogP contribution >= 0.6 is 0 Å². The Balaban J connectivity index is 1.84. The van der Waals surface area contributed by atoms with Crippen LogP contribution in [0.25, 0.3) is 0 Å². The molecule has 3 N–H and O–H groups in total. The van der Waals surface area contributed by atoms with Crippen LogP contribution in [-0.4, -0.2) is 54.9 Å². The first kappa shape index (κ1) is 14.6. The standard InChI is InChI=1S/C14H21N3O3/c1-2-17-7-8-19-13(9-17)10-20-12-5-3-11(4-6-12)14(15)16-18/h3-6,13,18H,2,7-10H2,1H3,(H2,15,16). The Labute approximate surface area is 118 Å². The second-order valence-corrected chi connectivity index (χ2v) is 4.71. The summed E-state index contributed by atoms with van der Waals surface area (Å²) in [5, 5.41) is 11.5. The number of amidine groups is 1. The van der Waals surface area contributed by atoms with Crippen LogP contribution in [0.3, 0.4) is 0 Å². The van der Waals surface area contributed by atoms with Gasteiger partial charge in [0.25, 0.3) is 0 Å². The van der Waals surface area contributed by atoms with E-state index in [9.17, 15) is 0 Å². The predicted molar refractivity (Wildman–Crippen MR) is 76.3 cm³/mol. The normalized spacial score (nSPS) is 20.9. The van der Waals surface area contributed by atoms with Gasteiger partial charge in [0, 0.05) is 18.7 Å². The number of hydrogen-bond donors (Lipinski definition) is 2. The summed E-state index contributed by atoms with van der Waals surface area (Å²) in [6.45, 7) is 6.35. The molecule has 1 saturated heterocycles. The summed E-state index contributed by atoms with van der Waals surface area (Å²) in [6.07, 6.45) is 0.104. The van der Waals surface area contributed by atoms with Gasteiger partial charge in [-0.15, -0.1) is 0 Å². The summed E-state index contributed by atoms with van der Waals surface area (Å²) >= 11 is 0. The van der Waals surface area contributed by atoms with Crippen LogP contribution in [0.15, 0.2) is 29.4 Å². The van der Waals surface area contributed by atoms with Gasteiger partial charge >= 0.3 is 0 Å². The van der Waals surface area contributed by atoms with Crippen molar-refractivity contribution in [1.29, 1.82) is 0 Å². The minimum atomic E-state index is 0.0887. The number of likely N-dealkylation sites (N-methyl/N-ethyl adjacent to an activating group) is 1. The minimum Gasteiger partial charge on any atom is -0.491 e.